The molecule has 3 aliphatic rings. The molecule has 0 radical (unpaired) electrons. The number of esters is 1. The molecule has 172 valence electrons. The first-order valence-corrected chi connectivity index (χ1v) is 13.1. The molecule has 3 fully saturated rings. The van der Waals surface area contributed by atoms with Crippen LogP contribution >= 0.6 is 0 Å². The molecule has 1 aromatic carbocycles. The largest absolute Gasteiger partial charge is 0.423 e. The lowest BCUT2D eigenvalue weighted by Crippen LogP contribution is -2.44. The van der Waals surface area contributed by atoms with Crippen molar-refractivity contribution in [2.24, 2.45) is 5.41 Å². The fourth-order valence-corrected chi connectivity index (χ4v) is 5.89. The molecule has 2 bridgehead atoms. The second-order valence-corrected chi connectivity index (χ2v) is 10.3. The summed E-state index contributed by atoms with van der Waals surface area (Å²) >= 11 is 0. The van der Waals surface area contributed by atoms with Crippen LogP contribution in [0.5, 0.6) is 5.75 Å². The van der Waals surface area contributed by atoms with Crippen LogP contribution in [0.15, 0.2) is 36.4 Å². The predicted molar refractivity (Wildman–Crippen MR) is 131 cm³/mol. The van der Waals surface area contributed by atoms with Gasteiger partial charge in [-0.15, -0.1) is 0 Å². The fourth-order valence-electron chi connectivity index (χ4n) is 5.89. The van der Waals surface area contributed by atoms with E-state index >= 15 is 0 Å². The number of ether oxygens (including phenoxy) is 1. The number of fused-ring (bicyclic) bond motifs is 3. The van der Waals surface area contributed by atoms with Gasteiger partial charge in [-0.1, -0.05) is 77.0 Å². The molecule has 2 heteroatoms. The Labute approximate surface area is 190 Å². The molecule has 0 saturated heterocycles. The molecular weight excluding hydrogens is 380 g/mol. The van der Waals surface area contributed by atoms with Gasteiger partial charge in [0.25, 0.3) is 0 Å². The van der Waals surface area contributed by atoms with Gasteiger partial charge < -0.3 is 4.74 Å². The molecule has 0 heterocycles. The van der Waals surface area contributed by atoms with Crippen molar-refractivity contribution in [3.05, 3.63) is 42.0 Å². The average Bonchev–Trinajstić information content (AvgIpc) is 2.80. The number of allylic oxidation sites excluding steroid dienone is 1. The molecule has 2 nitrogen and oxygen atoms in total. The van der Waals surface area contributed by atoms with E-state index in [0.717, 1.165) is 12.8 Å². The van der Waals surface area contributed by atoms with Gasteiger partial charge in [0.15, 0.2) is 0 Å². The van der Waals surface area contributed by atoms with Crippen LogP contribution in [0.25, 0.3) is 0 Å². The minimum Gasteiger partial charge on any atom is -0.423 e. The van der Waals surface area contributed by atoms with Crippen LogP contribution in [-0.4, -0.2) is 5.97 Å². The number of carbonyl (C=O) groups excluding carboxylic acids is 1. The first-order chi connectivity index (χ1) is 15.1. The Balaban J connectivity index is 1.47. The van der Waals surface area contributed by atoms with E-state index in [1.807, 2.05) is 18.2 Å². The van der Waals surface area contributed by atoms with Gasteiger partial charge >= 0.3 is 5.97 Å². The van der Waals surface area contributed by atoms with E-state index in [0.29, 0.717) is 16.6 Å². The molecule has 0 unspecified atom stereocenters. The lowest BCUT2D eigenvalue weighted by Gasteiger charge is -2.54. The SMILES string of the molecule is CCCCCC=CC(=O)Oc1ccc(C23CCC(CCCCCCC)(CC2)CC3)cc1. The van der Waals surface area contributed by atoms with Crippen LogP contribution < -0.4 is 4.74 Å². The minimum absolute atomic E-state index is 0.263. The third-order valence-electron chi connectivity index (χ3n) is 8.13. The van der Waals surface area contributed by atoms with Gasteiger partial charge in [-0.05, 0) is 86.3 Å². The molecule has 4 rings (SSSR count). The molecule has 0 atom stereocenters. The normalized spacial score (nSPS) is 25.2. The fraction of sp³-hybridized carbons (Fsp3) is 0.690. The molecule has 0 aliphatic heterocycles. The van der Waals surface area contributed by atoms with E-state index < -0.39 is 0 Å². The average molecular weight is 425 g/mol. The summed E-state index contributed by atoms with van der Waals surface area (Å²) < 4.78 is 5.50. The third kappa shape index (κ3) is 6.70. The number of unbranched alkanes of at least 4 members (excludes halogenated alkanes) is 7. The third-order valence-corrected chi connectivity index (χ3v) is 8.13. The summed E-state index contributed by atoms with van der Waals surface area (Å²) in [7, 11) is 0. The van der Waals surface area contributed by atoms with Crippen LogP contribution in [0.1, 0.15) is 122 Å². The summed E-state index contributed by atoms with van der Waals surface area (Å²) in [5.41, 5.74) is 2.47. The number of hydrogen-bond acceptors (Lipinski definition) is 2. The van der Waals surface area contributed by atoms with Crippen molar-refractivity contribution in [3.8, 4) is 5.75 Å². The van der Waals surface area contributed by atoms with Crippen molar-refractivity contribution in [2.75, 3.05) is 0 Å². The summed E-state index contributed by atoms with van der Waals surface area (Å²) in [5, 5.41) is 0. The summed E-state index contributed by atoms with van der Waals surface area (Å²) in [6, 6.07) is 8.43. The topological polar surface area (TPSA) is 26.3 Å². The quantitative estimate of drug-likeness (QED) is 0.137. The first-order valence-electron chi connectivity index (χ1n) is 13.1. The highest BCUT2D eigenvalue weighted by atomic mass is 16.5. The van der Waals surface area contributed by atoms with Gasteiger partial charge in [-0.3, -0.25) is 0 Å². The maximum Gasteiger partial charge on any atom is 0.335 e. The lowest BCUT2D eigenvalue weighted by molar-refractivity contribution is -0.129. The van der Waals surface area contributed by atoms with E-state index in [4.69, 9.17) is 4.74 Å². The molecule has 0 amide bonds. The molecule has 1 aromatic rings. The Morgan fingerprint density at radius 1 is 0.839 bits per heavy atom. The molecule has 3 saturated carbocycles. The number of rotatable bonds is 13. The van der Waals surface area contributed by atoms with Crippen LogP contribution in [0.4, 0.5) is 0 Å². The Hall–Kier alpha value is -1.57. The Morgan fingerprint density at radius 3 is 2.10 bits per heavy atom. The van der Waals surface area contributed by atoms with Gasteiger partial charge in [0.1, 0.15) is 5.75 Å². The molecule has 3 aliphatic carbocycles. The van der Waals surface area contributed by atoms with Crippen LogP contribution in [0.2, 0.25) is 0 Å². The summed E-state index contributed by atoms with van der Waals surface area (Å²) in [6.45, 7) is 4.48. The Morgan fingerprint density at radius 2 is 1.45 bits per heavy atom. The van der Waals surface area contributed by atoms with Crippen LogP contribution in [0, 0.1) is 5.41 Å². The first kappa shape index (κ1) is 24.1. The monoisotopic (exact) mass is 424 g/mol. The maximum absolute atomic E-state index is 12.0. The molecular formula is C29H44O2. The zero-order chi connectivity index (χ0) is 22.0. The molecule has 0 N–H and O–H groups in total. The summed E-state index contributed by atoms with van der Waals surface area (Å²) in [4.78, 5) is 12.0. The number of benzene rings is 1. The lowest BCUT2D eigenvalue weighted by atomic mass is 9.51. The summed E-state index contributed by atoms with van der Waals surface area (Å²) in [6.07, 6.45) is 24.7. The van der Waals surface area contributed by atoms with E-state index in [2.05, 4.69) is 26.0 Å². The Kier molecular flexibility index (Phi) is 9.23. The highest BCUT2D eigenvalue weighted by Crippen LogP contribution is 2.59. The smallest absolute Gasteiger partial charge is 0.335 e. The van der Waals surface area contributed by atoms with Crippen molar-refractivity contribution >= 4 is 5.97 Å². The predicted octanol–water partition coefficient (Wildman–Crippen LogP) is 8.68. The van der Waals surface area contributed by atoms with Gasteiger partial charge in [0.05, 0.1) is 0 Å². The van der Waals surface area contributed by atoms with Gasteiger partial charge in [-0.25, -0.2) is 4.79 Å². The van der Waals surface area contributed by atoms with Crippen molar-refractivity contribution in [1.82, 2.24) is 0 Å². The van der Waals surface area contributed by atoms with Gasteiger partial charge in [-0.2, -0.15) is 0 Å². The van der Waals surface area contributed by atoms with Crippen LogP contribution in [-0.2, 0) is 10.2 Å². The van der Waals surface area contributed by atoms with Gasteiger partial charge in [0, 0.05) is 6.08 Å². The van der Waals surface area contributed by atoms with Gasteiger partial charge in [0.2, 0.25) is 0 Å². The second-order valence-electron chi connectivity index (χ2n) is 10.3. The number of carbonyl (C=O) groups is 1. The van der Waals surface area contributed by atoms with Crippen molar-refractivity contribution in [2.45, 2.75) is 122 Å². The van der Waals surface area contributed by atoms with Crippen molar-refractivity contribution < 1.29 is 9.53 Å². The van der Waals surface area contributed by atoms with Crippen molar-refractivity contribution in [1.29, 1.82) is 0 Å². The van der Waals surface area contributed by atoms with E-state index in [9.17, 15) is 4.79 Å². The molecule has 0 aromatic heterocycles. The minimum atomic E-state index is -0.263. The van der Waals surface area contributed by atoms with Crippen LogP contribution in [0.3, 0.4) is 0 Å². The summed E-state index contributed by atoms with van der Waals surface area (Å²) in [5.74, 6) is 0.401. The van der Waals surface area contributed by atoms with Crippen molar-refractivity contribution in [3.63, 3.8) is 0 Å². The van der Waals surface area contributed by atoms with E-state index in [1.54, 1.807) is 6.08 Å². The second kappa shape index (κ2) is 11.9. The molecule has 0 spiro atoms. The van der Waals surface area contributed by atoms with E-state index in [1.165, 1.54) is 95.5 Å². The number of hydrogen-bond donors (Lipinski definition) is 0. The van der Waals surface area contributed by atoms with E-state index in [-0.39, 0.29) is 5.97 Å². The zero-order valence-electron chi connectivity index (χ0n) is 20.1. The Bertz CT molecular complexity index is 675. The highest BCUT2D eigenvalue weighted by molar-refractivity contribution is 5.83. The highest BCUT2D eigenvalue weighted by Gasteiger charge is 2.48. The standard InChI is InChI=1S/C29H44O2/c1-3-5-7-9-11-13-27(30)31-26-16-14-25(15-17-26)29-22-19-28(20-23-29,21-24-29)18-12-10-8-6-4-2/h11,13-17H,3-10,12,18-24H2,1-2H3. The zero-order valence-corrected chi connectivity index (χ0v) is 20.1. The molecule has 31 heavy (non-hydrogen) atoms. The maximum atomic E-state index is 12.0.